The van der Waals surface area contributed by atoms with Crippen LogP contribution >= 0.6 is 0 Å². The van der Waals surface area contributed by atoms with Crippen LogP contribution in [0.25, 0.3) is 0 Å². The molecule has 4 nitrogen and oxygen atoms in total. The third-order valence-corrected chi connectivity index (χ3v) is 2.25. The first-order chi connectivity index (χ1) is 6.25. The Bertz CT molecular complexity index is 172. The Kier molecular flexibility index (Phi) is 4.02. The third kappa shape index (κ3) is 2.88. The summed E-state index contributed by atoms with van der Waals surface area (Å²) in [7, 11) is 0. The van der Waals surface area contributed by atoms with E-state index in [1.165, 1.54) is 4.90 Å². The van der Waals surface area contributed by atoms with Crippen LogP contribution in [0.15, 0.2) is 0 Å². The molecule has 0 bridgehead atoms. The number of hydrogen-bond donors (Lipinski definition) is 1. The quantitative estimate of drug-likeness (QED) is 0.684. The Morgan fingerprint density at radius 2 is 2.46 bits per heavy atom. The number of hydrogen-bond acceptors (Lipinski definition) is 2. The lowest BCUT2D eigenvalue weighted by Crippen LogP contribution is -2.36. The predicted molar refractivity (Wildman–Crippen MR) is 48.6 cm³/mol. The Labute approximate surface area is 78.5 Å². The average molecular weight is 187 g/mol. The minimum absolute atomic E-state index is 0.191. The van der Waals surface area contributed by atoms with Crippen LogP contribution in [0, 0.1) is 0 Å². The van der Waals surface area contributed by atoms with Gasteiger partial charge in [-0.25, -0.2) is 4.79 Å². The van der Waals surface area contributed by atoms with Crippen LogP contribution in [0.3, 0.4) is 0 Å². The second kappa shape index (κ2) is 5.07. The molecule has 0 aromatic carbocycles. The van der Waals surface area contributed by atoms with Crippen molar-refractivity contribution in [1.29, 1.82) is 0 Å². The van der Waals surface area contributed by atoms with Gasteiger partial charge < -0.3 is 9.84 Å². The van der Waals surface area contributed by atoms with Gasteiger partial charge in [-0.15, -0.1) is 0 Å². The van der Waals surface area contributed by atoms with Gasteiger partial charge in [0.15, 0.2) is 0 Å². The topological polar surface area (TPSA) is 49.8 Å². The van der Waals surface area contributed by atoms with Crippen molar-refractivity contribution >= 4 is 6.09 Å². The molecule has 0 aromatic heterocycles. The maximum atomic E-state index is 10.7. The zero-order valence-corrected chi connectivity index (χ0v) is 8.03. The molecule has 1 atom stereocenters. The van der Waals surface area contributed by atoms with E-state index in [1.54, 1.807) is 0 Å². The number of rotatable bonds is 4. The maximum Gasteiger partial charge on any atom is 0.409 e. The monoisotopic (exact) mass is 187 g/mol. The molecule has 0 aliphatic carbocycles. The fourth-order valence-corrected chi connectivity index (χ4v) is 1.49. The van der Waals surface area contributed by atoms with Crippen LogP contribution in [-0.4, -0.2) is 35.5 Å². The minimum atomic E-state index is -0.862. The summed E-state index contributed by atoms with van der Waals surface area (Å²) in [5, 5.41) is 8.79. The lowest BCUT2D eigenvalue weighted by atomic mass is 10.3. The Hall–Kier alpha value is -0.770. The number of likely N-dealkylation sites (tertiary alicyclic amines) is 1. The molecule has 1 N–H and O–H groups in total. The van der Waals surface area contributed by atoms with Crippen molar-refractivity contribution < 1.29 is 14.6 Å². The summed E-state index contributed by atoms with van der Waals surface area (Å²) in [6.07, 6.45) is 2.80. The molecule has 1 amide bonds. The highest BCUT2D eigenvalue weighted by atomic mass is 16.5. The van der Waals surface area contributed by atoms with Gasteiger partial charge in [-0.05, 0) is 19.3 Å². The molecule has 13 heavy (non-hydrogen) atoms. The van der Waals surface area contributed by atoms with Gasteiger partial charge in [0.05, 0.1) is 0 Å². The van der Waals surface area contributed by atoms with Gasteiger partial charge >= 0.3 is 6.09 Å². The molecular formula is C9H17NO3. The van der Waals surface area contributed by atoms with E-state index < -0.39 is 6.09 Å². The average Bonchev–Trinajstić information content (AvgIpc) is 2.53. The summed E-state index contributed by atoms with van der Waals surface area (Å²) in [6.45, 7) is 3.38. The van der Waals surface area contributed by atoms with Crippen LogP contribution < -0.4 is 0 Å². The van der Waals surface area contributed by atoms with E-state index in [0.29, 0.717) is 13.2 Å². The predicted octanol–water partition coefficient (Wildman–Crippen LogP) is 1.90. The summed E-state index contributed by atoms with van der Waals surface area (Å²) >= 11 is 0. The zero-order valence-electron chi connectivity index (χ0n) is 8.03. The summed E-state index contributed by atoms with van der Waals surface area (Å²) in [6, 6.07) is 0. The molecule has 1 saturated heterocycles. The lowest BCUT2D eigenvalue weighted by Gasteiger charge is -2.21. The van der Waals surface area contributed by atoms with E-state index in [-0.39, 0.29) is 6.23 Å². The van der Waals surface area contributed by atoms with Crippen molar-refractivity contribution in [3.63, 3.8) is 0 Å². The van der Waals surface area contributed by atoms with Crippen LogP contribution in [0.2, 0.25) is 0 Å². The second-order valence-corrected chi connectivity index (χ2v) is 3.30. The first-order valence-electron chi connectivity index (χ1n) is 4.87. The first kappa shape index (κ1) is 10.3. The zero-order chi connectivity index (χ0) is 9.68. The van der Waals surface area contributed by atoms with Crippen LogP contribution in [-0.2, 0) is 4.74 Å². The molecule has 4 heteroatoms. The number of ether oxygens (including phenoxy) is 1. The molecule has 1 fully saturated rings. The van der Waals surface area contributed by atoms with Gasteiger partial charge in [0.25, 0.3) is 0 Å². The number of amides is 1. The molecule has 1 unspecified atom stereocenters. The number of carboxylic acid groups (broad SMARTS) is 1. The fraction of sp³-hybridized carbons (Fsp3) is 0.889. The largest absolute Gasteiger partial charge is 0.465 e. The van der Waals surface area contributed by atoms with Gasteiger partial charge in [-0.1, -0.05) is 13.3 Å². The van der Waals surface area contributed by atoms with Gasteiger partial charge in [0.2, 0.25) is 0 Å². The van der Waals surface area contributed by atoms with Crippen molar-refractivity contribution in [3.05, 3.63) is 0 Å². The Balaban J connectivity index is 2.27. The third-order valence-electron chi connectivity index (χ3n) is 2.25. The Morgan fingerprint density at radius 3 is 3.08 bits per heavy atom. The summed E-state index contributed by atoms with van der Waals surface area (Å²) in [5.41, 5.74) is 0. The highest BCUT2D eigenvalue weighted by Crippen LogP contribution is 2.18. The van der Waals surface area contributed by atoms with Crippen molar-refractivity contribution in [2.75, 3.05) is 13.2 Å². The van der Waals surface area contributed by atoms with E-state index in [9.17, 15) is 4.79 Å². The molecule has 0 aromatic rings. The van der Waals surface area contributed by atoms with Gasteiger partial charge in [-0.2, -0.15) is 0 Å². The maximum absolute atomic E-state index is 10.7. The molecule has 0 saturated carbocycles. The van der Waals surface area contributed by atoms with Crippen LogP contribution in [0.4, 0.5) is 4.79 Å². The van der Waals surface area contributed by atoms with E-state index in [2.05, 4.69) is 6.92 Å². The minimum Gasteiger partial charge on any atom is -0.465 e. The van der Waals surface area contributed by atoms with Crippen molar-refractivity contribution in [2.24, 2.45) is 0 Å². The summed E-state index contributed by atoms with van der Waals surface area (Å²) in [5.74, 6) is 0. The van der Waals surface area contributed by atoms with Crippen molar-refractivity contribution in [1.82, 2.24) is 4.90 Å². The molecule has 1 heterocycles. The Morgan fingerprint density at radius 1 is 1.69 bits per heavy atom. The number of nitrogens with zero attached hydrogens (tertiary/aromatic N) is 1. The molecule has 1 aliphatic rings. The first-order valence-corrected chi connectivity index (χ1v) is 4.87. The van der Waals surface area contributed by atoms with E-state index in [0.717, 1.165) is 25.7 Å². The number of carbonyl (C=O) groups is 1. The van der Waals surface area contributed by atoms with Crippen LogP contribution in [0.5, 0.6) is 0 Å². The fourth-order valence-electron chi connectivity index (χ4n) is 1.49. The van der Waals surface area contributed by atoms with Gasteiger partial charge in [-0.3, -0.25) is 4.90 Å². The van der Waals surface area contributed by atoms with E-state index >= 15 is 0 Å². The van der Waals surface area contributed by atoms with Crippen molar-refractivity contribution in [2.45, 2.75) is 38.8 Å². The number of unbranched alkanes of at least 4 members (excludes halogenated alkanes) is 1. The van der Waals surface area contributed by atoms with Crippen LogP contribution in [0.1, 0.15) is 32.6 Å². The molecule has 76 valence electrons. The van der Waals surface area contributed by atoms with Gasteiger partial charge in [0, 0.05) is 13.2 Å². The normalized spacial score (nSPS) is 22.2. The molecule has 0 spiro atoms. The van der Waals surface area contributed by atoms with Gasteiger partial charge in [0.1, 0.15) is 6.23 Å². The second-order valence-electron chi connectivity index (χ2n) is 3.30. The smallest absolute Gasteiger partial charge is 0.409 e. The highest BCUT2D eigenvalue weighted by molar-refractivity contribution is 5.65. The van der Waals surface area contributed by atoms with Crippen molar-refractivity contribution in [3.8, 4) is 0 Å². The van der Waals surface area contributed by atoms with E-state index in [1.807, 2.05) is 0 Å². The molecule has 1 aliphatic heterocycles. The molecule has 1 rings (SSSR count). The summed E-state index contributed by atoms with van der Waals surface area (Å²) < 4.78 is 5.46. The summed E-state index contributed by atoms with van der Waals surface area (Å²) in [4.78, 5) is 12.1. The molecular weight excluding hydrogens is 170 g/mol. The lowest BCUT2D eigenvalue weighted by molar-refractivity contribution is -0.0266. The highest BCUT2D eigenvalue weighted by Gasteiger charge is 2.28. The SMILES string of the molecule is CCCCOC1CCCN1C(=O)O. The molecule has 0 radical (unpaired) electrons. The standard InChI is InChI=1S/C9H17NO3/c1-2-3-7-13-8-5-4-6-10(8)9(11)12/h8H,2-7H2,1H3,(H,11,12). The van der Waals surface area contributed by atoms with E-state index in [4.69, 9.17) is 9.84 Å².